The van der Waals surface area contributed by atoms with Crippen molar-refractivity contribution >= 4 is 5.91 Å². The first kappa shape index (κ1) is 17.1. The van der Waals surface area contributed by atoms with Gasteiger partial charge in [0.2, 0.25) is 0 Å². The van der Waals surface area contributed by atoms with Crippen LogP contribution in [0.2, 0.25) is 0 Å². The van der Waals surface area contributed by atoms with Crippen LogP contribution in [0.4, 0.5) is 0 Å². The third-order valence-electron chi connectivity index (χ3n) is 5.43. The number of amides is 1. The van der Waals surface area contributed by atoms with Gasteiger partial charge in [0.25, 0.3) is 5.91 Å². The van der Waals surface area contributed by atoms with Gasteiger partial charge in [0, 0.05) is 12.2 Å². The predicted molar refractivity (Wildman–Crippen MR) is 97.1 cm³/mol. The standard InChI is InChI=1S/C20H25N3O3/c1-13-10-18(21-23(13)14(2)15-6-7-15)20(25)22-8-9-26-19(12-22)16-4-3-5-17(24)11-16/h3-5,10-11,14-15,19,24H,6-9,12H2,1-2H3. The van der Waals surface area contributed by atoms with Crippen LogP contribution in [-0.2, 0) is 4.74 Å². The molecule has 1 aromatic carbocycles. The maximum absolute atomic E-state index is 13.0. The Bertz CT molecular complexity index is 812. The minimum atomic E-state index is -0.228. The van der Waals surface area contributed by atoms with Gasteiger partial charge in [0.15, 0.2) is 5.69 Å². The SMILES string of the molecule is Cc1cc(C(=O)N2CCOC(c3cccc(O)c3)C2)nn1C(C)C1CC1. The number of carbonyl (C=O) groups is 1. The lowest BCUT2D eigenvalue weighted by atomic mass is 10.1. The van der Waals surface area contributed by atoms with Crippen LogP contribution in [0.5, 0.6) is 5.75 Å². The maximum Gasteiger partial charge on any atom is 0.274 e. The van der Waals surface area contributed by atoms with Crippen LogP contribution in [0.25, 0.3) is 0 Å². The number of phenols is 1. The molecule has 2 heterocycles. The van der Waals surface area contributed by atoms with Crippen LogP contribution in [-0.4, -0.2) is 45.4 Å². The van der Waals surface area contributed by atoms with Crippen molar-refractivity contribution in [1.82, 2.24) is 14.7 Å². The molecule has 6 heteroatoms. The Morgan fingerprint density at radius 1 is 1.35 bits per heavy atom. The van der Waals surface area contributed by atoms with Crippen LogP contribution >= 0.6 is 0 Å². The van der Waals surface area contributed by atoms with Crippen LogP contribution in [0.3, 0.4) is 0 Å². The summed E-state index contributed by atoms with van der Waals surface area (Å²) in [5, 5.41) is 14.3. The van der Waals surface area contributed by atoms with Crippen LogP contribution < -0.4 is 0 Å². The highest BCUT2D eigenvalue weighted by molar-refractivity contribution is 5.92. The van der Waals surface area contributed by atoms with Gasteiger partial charge >= 0.3 is 0 Å². The Morgan fingerprint density at radius 3 is 2.88 bits per heavy atom. The van der Waals surface area contributed by atoms with Crippen molar-refractivity contribution in [3.63, 3.8) is 0 Å². The molecule has 1 saturated carbocycles. The molecule has 26 heavy (non-hydrogen) atoms. The number of hydrogen-bond acceptors (Lipinski definition) is 4. The number of nitrogens with zero attached hydrogens (tertiary/aromatic N) is 3. The van der Waals surface area contributed by atoms with Gasteiger partial charge < -0.3 is 14.7 Å². The zero-order chi connectivity index (χ0) is 18.3. The number of aryl methyl sites for hydroxylation is 1. The summed E-state index contributed by atoms with van der Waals surface area (Å²) < 4.78 is 7.81. The Kier molecular flexibility index (Phi) is 4.44. The van der Waals surface area contributed by atoms with E-state index in [-0.39, 0.29) is 17.8 Å². The van der Waals surface area contributed by atoms with Crippen molar-refractivity contribution in [3.05, 3.63) is 47.3 Å². The minimum Gasteiger partial charge on any atom is -0.508 e. The molecule has 1 aliphatic heterocycles. The van der Waals surface area contributed by atoms with E-state index in [9.17, 15) is 9.90 Å². The Morgan fingerprint density at radius 2 is 2.15 bits per heavy atom. The average Bonchev–Trinajstić information content (AvgIpc) is 3.43. The van der Waals surface area contributed by atoms with Crippen molar-refractivity contribution in [2.24, 2.45) is 5.92 Å². The molecular formula is C20H25N3O3. The number of morpholine rings is 1. The van der Waals surface area contributed by atoms with E-state index in [4.69, 9.17) is 4.74 Å². The van der Waals surface area contributed by atoms with Gasteiger partial charge in [0.1, 0.15) is 11.9 Å². The first-order valence-electron chi connectivity index (χ1n) is 9.29. The quantitative estimate of drug-likeness (QED) is 0.915. The number of carbonyl (C=O) groups excluding carboxylic acids is 1. The molecule has 2 unspecified atom stereocenters. The minimum absolute atomic E-state index is 0.0525. The van der Waals surface area contributed by atoms with E-state index < -0.39 is 0 Å². The molecule has 2 aliphatic rings. The summed E-state index contributed by atoms with van der Waals surface area (Å²) in [6.45, 7) is 5.69. The molecule has 1 aliphatic carbocycles. The lowest BCUT2D eigenvalue weighted by Crippen LogP contribution is -2.42. The van der Waals surface area contributed by atoms with E-state index in [1.54, 1.807) is 23.1 Å². The highest BCUT2D eigenvalue weighted by atomic mass is 16.5. The van der Waals surface area contributed by atoms with E-state index in [2.05, 4.69) is 12.0 Å². The molecule has 1 aromatic heterocycles. The molecule has 0 bridgehead atoms. The summed E-state index contributed by atoms with van der Waals surface area (Å²) >= 11 is 0. The largest absolute Gasteiger partial charge is 0.508 e. The highest BCUT2D eigenvalue weighted by Crippen LogP contribution is 2.39. The second kappa shape index (κ2) is 6.76. The Balaban J connectivity index is 1.50. The fourth-order valence-electron chi connectivity index (χ4n) is 3.71. The summed E-state index contributed by atoms with van der Waals surface area (Å²) in [4.78, 5) is 14.8. The first-order valence-corrected chi connectivity index (χ1v) is 9.29. The molecule has 2 aromatic rings. The second-order valence-electron chi connectivity index (χ2n) is 7.40. The van der Waals surface area contributed by atoms with Crippen LogP contribution in [0.1, 0.15) is 53.7 Å². The number of benzene rings is 1. The summed E-state index contributed by atoms with van der Waals surface area (Å²) in [5.74, 6) is 0.844. The maximum atomic E-state index is 13.0. The zero-order valence-corrected chi connectivity index (χ0v) is 15.3. The smallest absolute Gasteiger partial charge is 0.274 e. The molecule has 1 N–H and O–H groups in total. The summed E-state index contributed by atoms with van der Waals surface area (Å²) in [6.07, 6.45) is 2.27. The summed E-state index contributed by atoms with van der Waals surface area (Å²) in [7, 11) is 0. The Hall–Kier alpha value is -2.34. The van der Waals surface area contributed by atoms with Crippen molar-refractivity contribution in [1.29, 1.82) is 0 Å². The van der Waals surface area contributed by atoms with Crippen LogP contribution in [0.15, 0.2) is 30.3 Å². The molecular weight excluding hydrogens is 330 g/mol. The fraction of sp³-hybridized carbons (Fsp3) is 0.500. The number of aromatic hydroxyl groups is 1. The number of phenolic OH excluding ortho intramolecular Hbond substituents is 1. The van der Waals surface area contributed by atoms with E-state index in [1.807, 2.05) is 23.7 Å². The number of rotatable bonds is 4. The Labute approximate surface area is 153 Å². The highest BCUT2D eigenvalue weighted by Gasteiger charge is 2.32. The van der Waals surface area contributed by atoms with Gasteiger partial charge in [-0.2, -0.15) is 5.10 Å². The molecule has 138 valence electrons. The van der Waals surface area contributed by atoms with E-state index >= 15 is 0 Å². The molecule has 1 saturated heterocycles. The molecule has 0 spiro atoms. The average molecular weight is 355 g/mol. The first-order chi connectivity index (χ1) is 12.5. The van der Waals surface area contributed by atoms with Crippen molar-refractivity contribution in [2.45, 2.75) is 38.8 Å². The third-order valence-corrected chi connectivity index (χ3v) is 5.43. The fourth-order valence-corrected chi connectivity index (χ4v) is 3.71. The van der Waals surface area contributed by atoms with Crippen molar-refractivity contribution in [3.8, 4) is 5.75 Å². The van der Waals surface area contributed by atoms with E-state index in [0.29, 0.717) is 37.4 Å². The second-order valence-corrected chi connectivity index (χ2v) is 7.40. The van der Waals surface area contributed by atoms with Crippen LogP contribution in [0, 0.1) is 12.8 Å². The number of ether oxygens (including phenoxy) is 1. The van der Waals surface area contributed by atoms with Gasteiger partial charge in [-0.15, -0.1) is 0 Å². The van der Waals surface area contributed by atoms with Gasteiger partial charge in [0.05, 0.1) is 19.2 Å². The lowest BCUT2D eigenvalue weighted by Gasteiger charge is -2.32. The molecule has 0 radical (unpaired) electrons. The molecule has 2 fully saturated rings. The summed E-state index contributed by atoms with van der Waals surface area (Å²) in [6, 6.07) is 9.26. The van der Waals surface area contributed by atoms with E-state index in [1.165, 1.54) is 12.8 Å². The van der Waals surface area contributed by atoms with Gasteiger partial charge in [-0.05, 0) is 56.4 Å². The normalized spacial score (nSPS) is 21.6. The number of hydrogen-bond donors (Lipinski definition) is 1. The monoisotopic (exact) mass is 355 g/mol. The topological polar surface area (TPSA) is 67.6 Å². The number of aromatic nitrogens is 2. The molecule has 2 atom stereocenters. The molecule has 6 nitrogen and oxygen atoms in total. The van der Waals surface area contributed by atoms with Crippen molar-refractivity contribution < 1.29 is 14.6 Å². The zero-order valence-electron chi connectivity index (χ0n) is 15.3. The lowest BCUT2D eigenvalue weighted by molar-refractivity contribution is -0.0231. The predicted octanol–water partition coefficient (Wildman–Crippen LogP) is 3.08. The third kappa shape index (κ3) is 3.33. The molecule has 1 amide bonds. The summed E-state index contributed by atoms with van der Waals surface area (Å²) in [5.41, 5.74) is 2.42. The van der Waals surface area contributed by atoms with Crippen molar-refractivity contribution in [2.75, 3.05) is 19.7 Å². The van der Waals surface area contributed by atoms with Gasteiger partial charge in [-0.3, -0.25) is 9.48 Å². The van der Waals surface area contributed by atoms with Gasteiger partial charge in [-0.25, -0.2) is 0 Å². The molecule has 4 rings (SSSR count). The van der Waals surface area contributed by atoms with E-state index in [0.717, 1.165) is 11.3 Å². The van der Waals surface area contributed by atoms with Gasteiger partial charge in [-0.1, -0.05) is 12.1 Å².